The zero-order chi connectivity index (χ0) is 12.5. The van der Waals surface area contributed by atoms with E-state index in [1.165, 1.54) is 0 Å². The monoisotopic (exact) mass is 239 g/mol. The van der Waals surface area contributed by atoms with Gasteiger partial charge in [0.05, 0.1) is 11.4 Å². The molecule has 2 aromatic heterocycles. The number of nitrogens with two attached hydrogens (primary N) is 1. The molecule has 0 saturated carbocycles. The number of hydrogen-bond acceptors (Lipinski definition) is 3. The van der Waals surface area contributed by atoms with Crippen LogP contribution in [-0.2, 0) is 6.54 Å². The van der Waals surface area contributed by atoms with E-state index in [0.717, 1.165) is 27.9 Å². The molecule has 0 amide bonds. The summed E-state index contributed by atoms with van der Waals surface area (Å²) in [4.78, 5) is 7.60. The van der Waals surface area contributed by atoms with Crippen LogP contribution in [0.1, 0.15) is 5.56 Å². The lowest BCUT2D eigenvalue weighted by atomic mass is 10.2. The van der Waals surface area contributed by atoms with Crippen LogP contribution in [0.2, 0.25) is 0 Å². The molecule has 2 heterocycles. The fraction of sp³-hybridized carbons (Fsp3) is 0.0714. The van der Waals surface area contributed by atoms with Crippen molar-refractivity contribution in [3.8, 4) is 17.1 Å². The summed E-state index contributed by atoms with van der Waals surface area (Å²) in [6.07, 6.45) is 1.78. The maximum atomic E-state index is 9.43. The third kappa shape index (κ3) is 1.83. The highest BCUT2D eigenvalue weighted by Crippen LogP contribution is 2.25. The van der Waals surface area contributed by atoms with Crippen molar-refractivity contribution in [2.24, 2.45) is 5.73 Å². The van der Waals surface area contributed by atoms with Crippen LogP contribution >= 0.6 is 0 Å². The van der Waals surface area contributed by atoms with Crippen LogP contribution in [0.3, 0.4) is 0 Å². The number of fused-ring (bicyclic) bond motifs is 1. The zero-order valence-corrected chi connectivity index (χ0v) is 9.72. The van der Waals surface area contributed by atoms with Crippen molar-refractivity contribution in [2.75, 3.05) is 0 Å². The summed E-state index contributed by atoms with van der Waals surface area (Å²) in [5.41, 5.74) is 9.24. The average Bonchev–Trinajstić information content (AvgIpc) is 2.81. The summed E-state index contributed by atoms with van der Waals surface area (Å²) in [5, 5.41) is 10.5. The standard InChI is InChI=1S/C14H13N3O/c15-7-9-1-4-12(16-8-9)14-5-10-2-3-11(18)6-13(10)17-14/h1-6,8,17-18H,7,15H2. The molecule has 0 unspecified atom stereocenters. The van der Waals surface area contributed by atoms with Gasteiger partial charge in [-0.2, -0.15) is 0 Å². The van der Waals surface area contributed by atoms with Crippen molar-refractivity contribution in [3.63, 3.8) is 0 Å². The quantitative estimate of drug-likeness (QED) is 0.642. The molecular weight excluding hydrogens is 226 g/mol. The second-order valence-electron chi connectivity index (χ2n) is 4.21. The smallest absolute Gasteiger partial charge is 0.117 e. The van der Waals surface area contributed by atoms with E-state index >= 15 is 0 Å². The van der Waals surface area contributed by atoms with Crippen molar-refractivity contribution in [1.29, 1.82) is 0 Å². The van der Waals surface area contributed by atoms with Crippen molar-refractivity contribution < 1.29 is 5.11 Å². The molecule has 0 spiro atoms. The van der Waals surface area contributed by atoms with Crippen LogP contribution in [0.15, 0.2) is 42.6 Å². The minimum Gasteiger partial charge on any atom is -0.508 e. The molecule has 0 saturated heterocycles. The van der Waals surface area contributed by atoms with Gasteiger partial charge in [0.2, 0.25) is 0 Å². The van der Waals surface area contributed by atoms with Crippen LogP contribution in [0.4, 0.5) is 0 Å². The Bertz CT molecular complexity index is 686. The van der Waals surface area contributed by atoms with Crippen molar-refractivity contribution in [3.05, 3.63) is 48.2 Å². The first-order valence-electron chi connectivity index (χ1n) is 5.73. The third-order valence-electron chi connectivity index (χ3n) is 2.94. The molecule has 0 aliphatic rings. The molecule has 0 aliphatic heterocycles. The van der Waals surface area contributed by atoms with Gasteiger partial charge in [-0.1, -0.05) is 6.07 Å². The number of aromatic nitrogens is 2. The van der Waals surface area contributed by atoms with Gasteiger partial charge in [0.1, 0.15) is 5.75 Å². The topological polar surface area (TPSA) is 74.9 Å². The Morgan fingerprint density at radius 3 is 2.78 bits per heavy atom. The summed E-state index contributed by atoms with van der Waals surface area (Å²) in [5.74, 6) is 0.252. The SMILES string of the molecule is NCc1ccc(-c2cc3ccc(O)cc3[nH]2)nc1. The Labute approximate surface area is 104 Å². The number of hydrogen-bond donors (Lipinski definition) is 3. The summed E-state index contributed by atoms with van der Waals surface area (Å²) < 4.78 is 0. The predicted molar refractivity (Wildman–Crippen MR) is 71.1 cm³/mol. The lowest BCUT2D eigenvalue weighted by Gasteiger charge is -1.98. The maximum absolute atomic E-state index is 9.43. The number of aromatic amines is 1. The fourth-order valence-corrected chi connectivity index (χ4v) is 1.96. The van der Waals surface area contributed by atoms with Crippen molar-refractivity contribution in [2.45, 2.75) is 6.54 Å². The molecule has 4 N–H and O–H groups in total. The van der Waals surface area contributed by atoms with Gasteiger partial charge in [-0.05, 0) is 29.8 Å². The predicted octanol–water partition coefficient (Wildman–Crippen LogP) is 2.39. The largest absolute Gasteiger partial charge is 0.508 e. The molecular formula is C14H13N3O. The first-order chi connectivity index (χ1) is 8.76. The number of phenols is 1. The maximum Gasteiger partial charge on any atom is 0.117 e. The minimum atomic E-state index is 0.252. The average molecular weight is 239 g/mol. The minimum absolute atomic E-state index is 0.252. The first-order valence-corrected chi connectivity index (χ1v) is 5.73. The fourth-order valence-electron chi connectivity index (χ4n) is 1.96. The van der Waals surface area contributed by atoms with Gasteiger partial charge in [-0.25, -0.2) is 0 Å². The Hall–Kier alpha value is -2.33. The summed E-state index contributed by atoms with van der Waals surface area (Å²) in [7, 11) is 0. The van der Waals surface area contributed by atoms with Gasteiger partial charge in [0, 0.05) is 29.7 Å². The number of H-pyrrole nitrogens is 1. The highest BCUT2D eigenvalue weighted by atomic mass is 16.3. The number of aromatic hydroxyl groups is 1. The van der Waals surface area contributed by atoms with Gasteiger partial charge < -0.3 is 15.8 Å². The highest BCUT2D eigenvalue weighted by molar-refractivity contribution is 5.86. The second-order valence-corrected chi connectivity index (χ2v) is 4.21. The molecule has 0 aliphatic carbocycles. The lowest BCUT2D eigenvalue weighted by Crippen LogP contribution is -1.96. The lowest BCUT2D eigenvalue weighted by molar-refractivity contribution is 0.476. The van der Waals surface area contributed by atoms with Gasteiger partial charge >= 0.3 is 0 Å². The van der Waals surface area contributed by atoms with Crippen molar-refractivity contribution >= 4 is 10.9 Å². The molecule has 90 valence electrons. The molecule has 18 heavy (non-hydrogen) atoms. The van der Waals surface area contributed by atoms with Crippen molar-refractivity contribution in [1.82, 2.24) is 9.97 Å². The van der Waals surface area contributed by atoms with E-state index in [2.05, 4.69) is 9.97 Å². The first kappa shape index (κ1) is 10.8. The zero-order valence-electron chi connectivity index (χ0n) is 9.72. The molecule has 3 aromatic rings. The molecule has 0 atom stereocenters. The molecule has 1 aromatic carbocycles. The van der Waals surface area contributed by atoms with Crippen LogP contribution in [0.5, 0.6) is 5.75 Å². The van der Waals surface area contributed by atoms with Gasteiger partial charge in [-0.15, -0.1) is 0 Å². The highest BCUT2D eigenvalue weighted by Gasteiger charge is 2.05. The molecule has 4 heteroatoms. The van der Waals surface area contributed by atoms with E-state index in [4.69, 9.17) is 5.73 Å². The Morgan fingerprint density at radius 1 is 1.17 bits per heavy atom. The normalized spacial score (nSPS) is 10.9. The van der Waals surface area contributed by atoms with E-state index in [-0.39, 0.29) is 5.75 Å². The van der Waals surface area contributed by atoms with Crippen LogP contribution in [0, 0.1) is 0 Å². The van der Waals surface area contributed by atoms with E-state index in [9.17, 15) is 5.11 Å². The van der Waals surface area contributed by atoms with E-state index in [1.54, 1.807) is 18.3 Å². The summed E-state index contributed by atoms with van der Waals surface area (Å²) in [6, 6.07) is 11.2. The summed E-state index contributed by atoms with van der Waals surface area (Å²) in [6.45, 7) is 0.494. The van der Waals surface area contributed by atoms with E-state index in [1.807, 2.05) is 24.3 Å². The van der Waals surface area contributed by atoms with Gasteiger partial charge in [0.25, 0.3) is 0 Å². The Balaban J connectivity index is 2.07. The van der Waals surface area contributed by atoms with Gasteiger partial charge in [0.15, 0.2) is 0 Å². The number of benzene rings is 1. The Kier molecular flexibility index (Phi) is 2.50. The molecule has 0 bridgehead atoms. The third-order valence-corrected chi connectivity index (χ3v) is 2.94. The number of nitrogens with one attached hydrogen (secondary N) is 1. The van der Waals surface area contributed by atoms with Crippen LogP contribution < -0.4 is 5.73 Å². The van der Waals surface area contributed by atoms with Crippen LogP contribution in [-0.4, -0.2) is 15.1 Å². The number of rotatable bonds is 2. The molecule has 4 nitrogen and oxygen atoms in total. The Morgan fingerprint density at radius 2 is 2.06 bits per heavy atom. The molecule has 0 fully saturated rings. The van der Waals surface area contributed by atoms with E-state index in [0.29, 0.717) is 6.54 Å². The number of nitrogens with zero attached hydrogens (tertiary/aromatic N) is 1. The molecule has 3 rings (SSSR count). The van der Waals surface area contributed by atoms with E-state index < -0.39 is 0 Å². The number of phenolic OH excluding ortho intramolecular Hbond substituents is 1. The van der Waals surface area contributed by atoms with Crippen LogP contribution in [0.25, 0.3) is 22.3 Å². The number of pyridine rings is 1. The van der Waals surface area contributed by atoms with Gasteiger partial charge in [-0.3, -0.25) is 4.98 Å². The molecule has 0 radical (unpaired) electrons. The summed E-state index contributed by atoms with van der Waals surface area (Å²) >= 11 is 0. The second kappa shape index (κ2) is 4.16.